The maximum Gasteiger partial charge on any atom is 0.276 e. The molecule has 1 amide bonds. The van der Waals surface area contributed by atoms with Crippen LogP contribution in [0.4, 0.5) is 0 Å². The molecule has 130 valence electrons. The normalized spacial score (nSPS) is 11.7. The first-order chi connectivity index (χ1) is 12.2. The maximum atomic E-state index is 12.4. The summed E-state index contributed by atoms with van der Waals surface area (Å²) >= 11 is 1.50. The molecule has 8 heteroatoms. The van der Waals surface area contributed by atoms with Gasteiger partial charge in [0, 0.05) is 20.4 Å². The van der Waals surface area contributed by atoms with Gasteiger partial charge >= 0.3 is 0 Å². The van der Waals surface area contributed by atoms with Gasteiger partial charge in [-0.05, 0) is 24.3 Å². The minimum absolute atomic E-state index is 0.257. The average Bonchev–Trinajstić information content (AvgIpc) is 2.96. The topological polar surface area (TPSA) is 77.7 Å². The molecule has 7 nitrogen and oxygen atoms in total. The summed E-state index contributed by atoms with van der Waals surface area (Å²) in [5, 5.41) is 4.23. The highest BCUT2D eigenvalue weighted by Gasteiger charge is 2.13. The Morgan fingerprint density at radius 2 is 2.12 bits per heavy atom. The lowest BCUT2D eigenvalue weighted by molar-refractivity contribution is 0.0943. The molecule has 1 aromatic carbocycles. The average molecular weight is 358 g/mol. The molecule has 0 aliphatic carbocycles. The van der Waals surface area contributed by atoms with Crippen LogP contribution in [0.25, 0.3) is 10.2 Å². The molecule has 0 bridgehead atoms. The van der Waals surface area contributed by atoms with Crippen molar-refractivity contribution in [3.8, 4) is 5.88 Å². The molecule has 0 aliphatic rings. The van der Waals surface area contributed by atoms with Gasteiger partial charge in [0.15, 0.2) is 0 Å². The number of methoxy groups -OCH3 is 1. The van der Waals surface area contributed by atoms with E-state index in [0.29, 0.717) is 23.6 Å². The Balaban J connectivity index is 1.81. The Morgan fingerprint density at radius 3 is 2.92 bits per heavy atom. The van der Waals surface area contributed by atoms with Crippen molar-refractivity contribution in [2.45, 2.75) is 0 Å². The number of carbonyl (C=O) groups excluding carboxylic acids is 1. The number of pyridine rings is 1. The number of hydrogen-bond acceptors (Lipinski definition) is 6. The number of nitrogens with one attached hydrogen (secondary N) is 1. The minimum Gasteiger partial charge on any atom is -0.475 e. The highest BCUT2D eigenvalue weighted by molar-refractivity contribution is 7.16. The van der Waals surface area contributed by atoms with Crippen molar-refractivity contribution in [2.75, 3.05) is 20.3 Å². The third-order valence-electron chi connectivity index (χ3n) is 3.51. The Kier molecular flexibility index (Phi) is 5.42. The predicted molar refractivity (Wildman–Crippen MR) is 95.4 cm³/mol. The fraction of sp³-hybridized carbons (Fsp3) is 0.235. The van der Waals surface area contributed by atoms with Crippen LogP contribution in [-0.4, -0.2) is 35.8 Å². The van der Waals surface area contributed by atoms with Crippen LogP contribution in [0.3, 0.4) is 0 Å². The van der Waals surface area contributed by atoms with Crippen LogP contribution >= 0.6 is 11.3 Å². The van der Waals surface area contributed by atoms with Crippen LogP contribution < -0.4 is 15.0 Å². The Hall–Kier alpha value is -2.71. The Labute approximate surface area is 148 Å². The van der Waals surface area contributed by atoms with Gasteiger partial charge in [-0.3, -0.25) is 4.79 Å². The second-order valence-corrected chi connectivity index (χ2v) is 6.17. The fourth-order valence-electron chi connectivity index (χ4n) is 2.25. The van der Waals surface area contributed by atoms with Gasteiger partial charge < -0.3 is 14.0 Å². The molecule has 25 heavy (non-hydrogen) atoms. The monoisotopic (exact) mass is 358 g/mol. The lowest BCUT2D eigenvalue weighted by Crippen LogP contribution is -2.24. The molecule has 3 aromatic rings. The summed E-state index contributed by atoms with van der Waals surface area (Å²) in [5.74, 6) is -0.120. The first-order valence-electron chi connectivity index (χ1n) is 7.66. The largest absolute Gasteiger partial charge is 0.475 e. The van der Waals surface area contributed by atoms with Crippen LogP contribution in [0.2, 0.25) is 0 Å². The molecule has 1 N–H and O–H groups in total. The molecule has 2 aromatic heterocycles. The summed E-state index contributed by atoms with van der Waals surface area (Å²) in [5.41, 5.74) is 3.96. The SMILES string of the molecule is COCCOc1ncccc1C(=O)N/N=c1/sc2ccccc2n1C. The van der Waals surface area contributed by atoms with Crippen LogP contribution in [-0.2, 0) is 11.8 Å². The van der Waals surface area contributed by atoms with Gasteiger partial charge in [-0.2, -0.15) is 0 Å². The van der Waals surface area contributed by atoms with Crippen molar-refractivity contribution in [3.63, 3.8) is 0 Å². The molecular weight excluding hydrogens is 340 g/mol. The number of aromatic nitrogens is 2. The molecule has 0 radical (unpaired) electrons. The molecule has 0 atom stereocenters. The zero-order valence-corrected chi connectivity index (χ0v) is 14.7. The van der Waals surface area contributed by atoms with Crippen LogP contribution in [0.5, 0.6) is 5.88 Å². The molecule has 3 rings (SSSR count). The summed E-state index contributed by atoms with van der Waals surface area (Å²) in [4.78, 5) is 17.2. The molecule has 0 saturated carbocycles. The number of aryl methyl sites for hydroxylation is 1. The number of ether oxygens (including phenoxy) is 2. The number of hydrogen-bond donors (Lipinski definition) is 1. The first kappa shape index (κ1) is 17.1. The second-order valence-electron chi connectivity index (χ2n) is 5.16. The summed E-state index contributed by atoms with van der Waals surface area (Å²) in [6.45, 7) is 0.732. The molecule has 2 heterocycles. The van der Waals surface area contributed by atoms with E-state index in [9.17, 15) is 4.79 Å². The van der Waals surface area contributed by atoms with E-state index in [0.717, 1.165) is 10.2 Å². The molecule has 0 unspecified atom stereocenters. The lowest BCUT2D eigenvalue weighted by atomic mass is 10.2. The number of carbonyl (C=O) groups is 1. The van der Waals surface area contributed by atoms with Gasteiger partial charge in [-0.1, -0.05) is 23.5 Å². The summed E-state index contributed by atoms with van der Waals surface area (Å²) < 4.78 is 13.4. The van der Waals surface area contributed by atoms with E-state index >= 15 is 0 Å². The number of nitrogens with zero attached hydrogens (tertiary/aromatic N) is 3. The van der Waals surface area contributed by atoms with Crippen molar-refractivity contribution >= 4 is 27.5 Å². The Morgan fingerprint density at radius 1 is 1.28 bits per heavy atom. The van der Waals surface area contributed by atoms with Gasteiger partial charge in [-0.25, -0.2) is 10.4 Å². The fourth-order valence-corrected chi connectivity index (χ4v) is 3.23. The number of rotatable bonds is 6. The zero-order valence-electron chi connectivity index (χ0n) is 13.9. The summed E-state index contributed by atoms with van der Waals surface area (Å²) in [6.07, 6.45) is 1.57. The van der Waals surface area contributed by atoms with Crippen LogP contribution in [0.15, 0.2) is 47.7 Å². The Bertz CT molecular complexity index is 948. The van der Waals surface area contributed by atoms with Crippen LogP contribution in [0, 0.1) is 0 Å². The molecule has 0 saturated heterocycles. The number of amides is 1. The standard InChI is InChI=1S/C17H18N4O3S/c1-21-13-7-3-4-8-14(13)25-17(21)20-19-15(22)12-6-5-9-18-16(12)24-11-10-23-2/h3-9H,10-11H2,1-2H3,(H,19,22)/b20-17+. The van der Waals surface area contributed by atoms with E-state index in [1.165, 1.54) is 11.3 Å². The predicted octanol–water partition coefficient (Wildman–Crippen LogP) is 1.91. The van der Waals surface area contributed by atoms with Crippen molar-refractivity contribution in [2.24, 2.45) is 12.1 Å². The molecule has 0 fully saturated rings. The zero-order chi connectivity index (χ0) is 17.6. The quantitative estimate of drug-likeness (QED) is 0.539. The lowest BCUT2D eigenvalue weighted by Gasteiger charge is -2.08. The smallest absolute Gasteiger partial charge is 0.276 e. The first-order valence-corrected chi connectivity index (χ1v) is 8.47. The van der Waals surface area contributed by atoms with Gasteiger partial charge in [0.05, 0.1) is 16.8 Å². The second kappa shape index (κ2) is 7.91. The van der Waals surface area contributed by atoms with Gasteiger partial charge in [-0.15, -0.1) is 5.10 Å². The molecule has 0 spiro atoms. The van der Waals surface area contributed by atoms with Crippen molar-refractivity contribution < 1.29 is 14.3 Å². The van der Waals surface area contributed by atoms with Gasteiger partial charge in [0.25, 0.3) is 5.91 Å². The van der Waals surface area contributed by atoms with E-state index in [4.69, 9.17) is 9.47 Å². The van der Waals surface area contributed by atoms with E-state index < -0.39 is 0 Å². The third kappa shape index (κ3) is 3.86. The maximum absolute atomic E-state index is 12.4. The number of thiazole rings is 1. The van der Waals surface area contributed by atoms with Crippen molar-refractivity contribution in [1.29, 1.82) is 0 Å². The van der Waals surface area contributed by atoms with Crippen molar-refractivity contribution in [3.05, 3.63) is 53.0 Å². The highest BCUT2D eigenvalue weighted by Crippen LogP contribution is 2.16. The van der Waals surface area contributed by atoms with E-state index in [1.807, 2.05) is 35.9 Å². The van der Waals surface area contributed by atoms with E-state index in [-0.39, 0.29) is 11.8 Å². The molecular formula is C17H18N4O3S. The number of benzene rings is 1. The highest BCUT2D eigenvalue weighted by atomic mass is 32.1. The summed E-state index contributed by atoms with van der Waals surface area (Å²) in [7, 11) is 3.49. The summed E-state index contributed by atoms with van der Waals surface area (Å²) in [6, 6.07) is 11.3. The number of fused-ring (bicyclic) bond motifs is 1. The van der Waals surface area contributed by atoms with Crippen molar-refractivity contribution in [1.82, 2.24) is 15.0 Å². The van der Waals surface area contributed by atoms with Gasteiger partial charge in [0.2, 0.25) is 10.7 Å². The van der Waals surface area contributed by atoms with Crippen LogP contribution in [0.1, 0.15) is 10.4 Å². The minimum atomic E-state index is -0.377. The van der Waals surface area contributed by atoms with Gasteiger partial charge in [0.1, 0.15) is 12.2 Å². The van der Waals surface area contributed by atoms with E-state index in [2.05, 4.69) is 15.5 Å². The number of para-hydroxylation sites is 1. The van der Waals surface area contributed by atoms with E-state index in [1.54, 1.807) is 25.4 Å². The molecule has 0 aliphatic heterocycles. The third-order valence-corrected chi connectivity index (χ3v) is 4.62.